The molecule has 33 heavy (non-hydrogen) atoms. The number of hydrogen-bond acceptors (Lipinski definition) is 5. The SMILES string of the molecule is CCCN(CCC)c1nc(=O)n(Cc2ccc(Br)cc2)c(=O)n1-c1ccc(Cl)c(C(=O)O)c1. The maximum atomic E-state index is 13.6. The molecule has 10 heteroatoms. The van der Waals surface area contributed by atoms with Crippen LogP contribution in [-0.4, -0.2) is 38.3 Å². The third-order valence-corrected chi connectivity index (χ3v) is 5.87. The standard InChI is InChI=1S/C23H24BrClN4O4/c1-3-11-27(12-4-2)21-26-22(32)28(14-15-5-7-16(24)8-6-15)23(33)29(21)17-9-10-19(25)18(13-17)20(30)31/h5-10,13H,3-4,11-12,14H2,1-2H3,(H,30,31). The highest BCUT2D eigenvalue weighted by atomic mass is 79.9. The van der Waals surface area contributed by atoms with Gasteiger partial charge in [-0.2, -0.15) is 4.98 Å². The molecular weight excluding hydrogens is 512 g/mol. The van der Waals surface area contributed by atoms with Crippen LogP contribution < -0.4 is 16.3 Å². The van der Waals surface area contributed by atoms with E-state index in [1.807, 2.05) is 30.9 Å². The monoisotopic (exact) mass is 534 g/mol. The van der Waals surface area contributed by atoms with Gasteiger partial charge >= 0.3 is 17.3 Å². The van der Waals surface area contributed by atoms with E-state index in [1.165, 1.54) is 16.7 Å². The van der Waals surface area contributed by atoms with Crippen LogP contribution in [0.4, 0.5) is 5.95 Å². The summed E-state index contributed by atoms with van der Waals surface area (Å²) >= 11 is 9.41. The van der Waals surface area contributed by atoms with Crippen LogP contribution in [0.3, 0.4) is 0 Å². The lowest BCUT2D eigenvalue weighted by atomic mass is 10.2. The van der Waals surface area contributed by atoms with Crippen molar-refractivity contribution in [1.82, 2.24) is 14.1 Å². The van der Waals surface area contributed by atoms with Crippen LogP contribution >= 0.6 is 27.5 Å². The molecule has 3 rings (SSSR count). The number of rotatable bonds is 9. The van der Waals surface area contributed by atoms with Crippen LogP contribution in [0.1, 0.15) is 42.6 Å². The third kappa shape index (κ3) is 5.54. The van der Waals surface area contributed by atoms with Crippen molar-refractivity contribution in [3.8, 4) is 5.69 Å². The Labute approximate surface area is 204 Å². The predicted octanol–water partition coefficient (Wildman–Crippen LogP) is 4.18. The largest absolute Gasteiger partial charge is 0.478 e. The van der Waals surface area contributed by atoms with E-state index in [-0.39, 0.29) is 28.8 Å². The van der Waals surface area contributed by atoms with Gasteiger partial charge in [-0.05, 0) is 48.7 Å². The minimum Gasteiger partial charge on any atom is -0.478 e. The number of benzene rings is 2. The van der Waals surface area contributed by atoms with Gasteiger partial charge in [0.15, 0.2) is 0 Å². The predicted molar refractivity (Wildman–Crippen MR) is 132 cm³/mol. The van der Waals surface area contributed by atoms with E-state index in [1.54, 1.807) is 18.2 Å². The Morgan fingerprint density at radius 2 is 1.73 bits per heavy atom. The quantitative estimate of drug-likeness (QED) is 0.441. The van der Waals surface area contributed by atoms with E-state index < -0.39 is 17.3 Å². The number of nitrogens with zero attached hydrogens (tertiary/aromatic N) is 4. The van der Waals surface area contributed by atoms with Crippen molar-refractivity contribution in [3.63, 3.8) is 0 Å². The number of halogens is 2. The van der Waals surface area contributed by atoms with Crippen LogP contribution in [0.5, 0.6) is 0 Å². The Bertz CT molecular complexity index is 1260. The summed E-state index contributed by atoms with van der Waals surface area (Å²) in [5, 5.41) is 9.56. The zero-order valence-corrected chi connectivity index (χ0v) is 20.6. The lowest BCUT2D eigenvalue weighted by molar-refractivity contribution is 0.0697. The van der Waals surface area contributed by atoms with Gasteiger partial charge in [-0.3, -0.25) is 0 Å². The van der Waals surface area contributed by atoms with Crippen LogP contribution in [0, 0.1) is 0 Å². The topological polar surface area (TPSA) is 97.4 Å². The number of hydrogen-bond donors (Lipinski definition) is 1. The summed E-state index contributed by atoms with van der Waals surface area (Å²) in [4.78, 5) is 44.4. The Balaban J connectivity index is 2.27. The van der Waals surface area contributed by atoms with Gasteiger partial charge in [0.2, 0.25) is 5.95 Å². The minimum atomic E-state index is -1.22. The molecule has 1 aromatic heterocycles. The lowest BCUT2D eigenvalue weighted by Crippen LogP contribution is -2.45. The number of carboxylic acid groups (broad SMARTS) is 1. The number of anilines is 1. The second-order valence-corrected chi connectivity index (χ2v) is 8.80. The Kier molecular flexibility index (Phi) is 8.10. The molecule has 3 aromatic rings. The highest BCUT2D eigenvalue weighted by Crippen LogP contribution is 2.22. The Morgan fingerprint density at radius 1 is 1.09 bits per heavy atom. The van der Waals surface area contributed by atoms with Gasteiger partial charge in [0, 0.05) is 17.6 Å². The van der Waals surface area contributed by atoms with E-state index in [0.29, 0.717) is 13.1 Å². The first-order valence-electron chi connectivity index (χ1n) is 10.5. The molecule has 1 heterocycles. The fourth-order valence-electron chi connectivity index (χ4n) is 3.50. The molecule has 0 aliphatic carbocycles. The summed E-state index contributed by atoms with van der Waals surface area (Å²) in [7, 11) is 0. The fourth-order valence-corrected chi connectivity index (χ4v) is 3.96. The minimum absolute atomic E-state index is 0.0269. The van der Waals surface area contributed by atoms with Gasteiger partial charge in [-0.15, -0.1) is 0 Å². The molecule has 0 atom stereocenters. The summed E-state index contributed by atoms with van der Waals surface area (Å²) in [5.41, 5.74) is -0.399. The molecule has 0 bridgehead atoms. The van der Waals surface area contributed by atoms with E-state index in [9.17, 15) is 19.5 Å². The van der Waals surface area contributed by atoms with Crippen molar-refractivity contribution in [2.45, 2.75) is 33.2 Å². The van der Waals surface area contributed by atoms with E-state index in [2.05, 4.69) is 20.9 Å². The molecular formula is C23H24BrClN4O4. The van der Waals surface area contributed by atoms with Crippen molar-refractivity contribution in [2.24, 2.45) is 0 Å². The lowest BCUT2D eigenvalue weighted by Gasteiger charge is -2.26. The third-order valence-electron chi connectivity index (χ3n) is 5.01. The van der Waals surface area contributed by atoms with Gasteiger partial charge in [0.05, 0.1) is 22.8 Å². The van der Waals surface area contributed by atoms with Crippen molar-refractivity contribution < 1.29 is 9.90 Å². The molecule has 0 unspecified atom stereocenters. The summed E-state index contributed by atoms with van der Waals surface area (Å²) in [6, 6.07) is 11.5. The second kappa shape index (κ2) is 10.8. The molecule has 8 nitrogen and oxygen atoms in total. The molecule has 1 N–H and O–H groups in total. The first-order valence-corrected chi connectivity index (χ1v) is 11.7. The maximum absolute atomic E-state index is 13.6. The molecule has 0 saturated carbocycles. The molecule has 0 aliphatic rings. The van der Waals surface area contributed by atoms with Gasteiger partial charge in [-0.25, -0.2) is 23.5 Å². The van der Waals surface area contributed by atoms with Crippen molar-refractivity contribution in [2.75, 3.05) is 18.0 Å². The summed E-state index contributed by atoms with van der Waals surface area (Å²) in [5.74, 6) is -1.04. The molecule has 0 radical (unpaired) electrons. The van der Waals surface area contributed by atoms with Crippen LogP contribution in [0.2, 0.25) is 5.02 Å². The normalized spacial score (nSPS) is 10.9. The second-order valence-electron chi connectivity index (χ2n) is 7.48. The fraction of sp³-hybridized carbons (Fsp3) is 0.304. The van der Waals surface area contributed by atoms with E-state index >= 15 is 0 Å². The van der Waals surface area contributed by atoms with Crippen molar-refractivity contribution in [1.29, 1.82) is 0 Å². The average molecular weight is 536 g/mol. The number of carboxylic acids is 1. The van der Waals surface area contributed by atoms with Gasteiger partial charge in [0.1, 0.15) is 0 Å². The highest BCUT2D eigenvalue weighted by Gasteiger charge is 2.21. The molecule has 174 valence electrons. The number of carbonyl (C=O) groups is 1. The number of aromatic nitrogens is 3. The van der Waals surface area contributed by atoms with Crippen LogP contribution in [0.25, 0.3) is 5.69 Å². The Hall–Kier alpha value is -2.91. The molecule has 0 amide bonds. The highest BCUT2D eigenvalue weighted by molar-refractivity contribution is 9.10. The molecule has 0 spiro atoms. The first kappa shape index (κ1) is 24.7. The van der Waals surface area contributed by atoms with Gasteiger partial charge in [-0.1, -0.05) is 53.5 Å². The van der Waals surface area contributed by atoms with Crippen molar-refractivity contribution in [3.05, 3.63) is 84.1 Å². The van der Waals surface area contributed by atoms with Crippen LogP contribution in [-0.2, 0) is 6.54 Å². The molecule has 2 aromatic carbocycles. The molecule has 0 aliphatic heterocycles. The zero-order valence-electron chi connectivity index (χ0n) is 18.3. The summed E-state index contributed by atoms with van der Waals surface area (Å²) in [6.45, 7) is 5.17. The molecule has 0 saturated heterocycles. The van der Waals surface area contributed by atoms with Gasteiger partial charge in [0.25, 0.3) is 0 Å². The summed E-state index contributed by atoms with van der Waals surface area (Å²) in [6.07, 6.45) is 1.55. The smallest absolute Gasteiger partial charge is 0.355 e. The Morgan fingerprint density at radius 3 is 2.30 bits per heavy atom. The van der Waals surface area contributed by atoms with E-state index in [4.69, 9.17) is 11.6 Å². The van der Waals surface area contributed by atoms with E-state index in [0.717, 1.165) is 27.4 Å². The summed E-state index contributed by atoms with van der Waals surface area (Å²) < 4.78 is 3.20. The van der Waals surface area contributed by atoms with Crippen molar-refractivity contribution >= 4 is 39.4 Å². The zero-order chi connectivity index (χ0) is 24.1. The molecule has 0 fully saturated rings. The maximum Gasteiger partial charge on any atom is 0.355 e. The number of aromatic carboxylic acids is 1. The van der Waals surface area contributed by atoms with Crippen LogP contribution in [0.15, 0.2) is 56.5 Å². The first-order chi connectivity index (χ1) is 15.8. The average Bonchev–Trinajstić information content (AvgIpc) is 2.78. The van der Waals surface area contributed by atoms with Gasteiger partial charge < -0.3 is 10.0 Å².